The van der Waals surface area contributed by atoms with Gasteiger partial charge in [0.25, 0.3) is 0 Å². The Morgan fingerprint density at radius 2 is 1.76 bits per heavy atom. The number of nitrogens with zero attached hydrogens (tertiary/aromatic N) is 2. The number of hydrogen-bond acceptors (Lipinski definition) is 4. The quantitative estimate of drug-likeness (QED) is 0.798. The summed E-state index contributed by atoms with van der Waals surface area (Å²) in [7, 11) is 0. The Balaban J connectivity index is 1.98. The third-order valence-electron chi connectivity index (χ3n) is 2.87. The van der Waals surface area contributed by atoms with Crippen molar-refractivity contribution in [3.8, 4) is 0 Å². The van der Waals surface area contributed by atoms with Crippen LogP contribution in [-0.4, -0.2) is 23.1 Å². The molecule has 2 heterocycles. The number of halogens is 2. The van der Waals surface area contributed by atoms with Crippen LogP contribution < -0.4 is 10.6 Å². The summed E-state index contributed by atoms with van der Waals surface area (Å²) in [6.07, 6.45) is 3.60. The van der Waals surface area contributed by atoms with Gasteiger partial charge in [0.1, 0.15) is 11.6 Å². The van der Waals surface area contributed by atoms with Gasteiger partial charge in [0.2, 0.25) is 0 Å². The van der Waals surface area contributed by atoms with Crippen molar-refractivity contribution in [3.63, 3.8) is 0 Å². The first kappa shape index (κ1) is 15.9. The van der Waals surface area contributed by atoms with Gasteiger partial charge in [-0.1, -0.05) is 36.2 Å². The fourth-order valence-electron chi connectivity index (χ4n) is 1.81. The van der Waals surface area contributed by atoms with Gasteiger partial charge in [-0.3, -0.25) is 4.98 Å². The maximum atomic E-state index is 6.16. The molecular formula is C15H18Cl2N4. The fourth-order valence-corrected chi connectivity index (χ4v) is 2.31. The molecule has 4 nitrogen and oxygen atoms in total. The molecule has 0 unspecified atom stereocenters. The van der Waals surface area contributed by atoms with Crippen molar-refractivity contribution in [2.75, 3.05) is 23.7 Å². The van der Waals surface area contributed by atoms with E-state index < -0.39 is 0 Å². The van der Waals surface area contributed by atoms with E-state index >= 15 is 0 Å². The van der Waals surface area contributed by atoms with Crippen LogP contribution in [0.3, 0.4) is 0 Å². The zero-order chi connectivity index (χ0) is 15.1. The molecule has 2 rings (SSSR count). The molecule has 0 aliphatic carbocycles. The van der Waals surface area contributed by atoms with E-state index in [1.807, 2.05) is 18.2 Å². The summed E-state index contributed by atoms with van der Waals surface area (Å²) < 4.78 is 0. The van der Waals surface area contributed by atoms with Gasteiger partial charge in [0.05, 0.1) is 10.0 Å². The van der Waals surface area contributed by atoms with Gasteiger partial charge in [-0.05, 0) is 24.6 Å². The highest BCUT2D eigenvalue weighted by Crippen LogP contribution is 2.29. The van der Waals surface area contributed by atoms with Crippen LogP contribution in [0.25, 0.3) is 0 Å². The molecule has 6 heteroatoms. The molecule has 0 atom stereocenters. The maximum Gasteiger partial charge on any atom is 0.147 e. The van der Waals surface area contributed by atoms with Crippen LogP contribution in [0.4, 0.5) is 11.6 Å². The fraction of sp³-hybridized carbons (Fsp3) is 0.333. The van der Waals surface area contributed by atoms with Gasteiger partial charge in [-0.2, -0.15) is 0 Å². The summed E-state index contributed by atoms with van der Waals surface area (Å²) in [5, 5.41) is 7.46. The van der Waals surface area contributed by atoms with Gasteiger partial charge in [0.15, 0.2) is 0 Å². The maximum absolute atomic E-state index is 6.16. The van der Waals surface area contributed by atoms with Crippen molar-refractivity contribution in [2.45, 2.75) is 19.8 Å². The van der Waals surface area contributed by atoms with E-state index in [9.17, 15) is 0 Å². The first-order valence-electron chi connectivity index (χ1n) is 6.94. The van der Waals surface area contributed by atoms with Gasteiger partial charge in [-0.25, -0.2) is 4.98 Å². The van der Waals surface area contributed by atoms with E-state index in [1.165, 1.54) is 0 Å². The summed E-state index contributed by atoms with van der Waals surface area (Å²) in [6, 6.07) is 7.58. The second-order valence-corrected chi connectivity index (χ2v) is 5.39. The summed E-state index contributed by atoms with van der Waals surface area (Å²) >= 11 is 12.3. The highest BCUT2D eigenvalue weighted by atomic mass is 35.5. The summed E-state index contributed by atoms with van der Waals surface area (Å²) in [6.45, 7) is 3.61. The van der Waals surface area contributed by atoms with E-state index in [2.05, 4.69) is 27.5 Å². The minimum atomic E-state index is 0.517. The summed E-state index contributed by atoms with van der Waals surface area (Å²) in [4.78, 5) is 8.71. The predicted molar refractivity (Wildman–Crippen MR) is 89.5 cm³/mol. The van der Waals surface area contributed by atoms with Crippen molar-refractivity contribution >= 4 is 34.8 Å². The molecule has 0 amide bonds. The SMILES string of the molecule is CCCNc1nc(NCCc2ccccn2)c(Cl)cc1Cl. The lowest BCUT2D eigenvalue weighted by Gasteiger charge is -2.12. The van der Waals surface area contributed by atoms with Gasteiger partial charge < -0.3 is 10.6 Å². The topological polar surface area (TPSA) is 49.8 Å². The average Bonchev–Trinajstić information content (AvgIpc) is 2.49. The first-order valence-corrected chi connectivity index (χ1v) is 7.70. The Kier molecular flexibility index (Phi) is 6.08. The Morgan fingerprint density at radius 1 is 1.05 bits per heavy atom. The van der Waals surface area contributed by atoms with Gasteiger partial charge in [0, 0.05) is 31.4 Å². The summed E-state index contributed by atoms with van der Waals surface area (Å²) in [5.74, 6) is 1.29. The Bertz CT molecular complexity index is 575. The van der Waals surface area contributed by atoms with Crippen LogP contribution in [0.5, 0.6) is 0 Å². The zero-order valence-corrected chi connectivity index (χ0v) is 13.4. The second kappa shape index (κ2) is 8.05. The lowest BCUT2D eigenvalue weighted by Crippen LogP contribution is -2.10. The molecule has 0 bridgehead atoms. The van der Waals surface area contributed by atoms with Crippen molar-refractivity contribution in [2.24, 2.45) is 0 Å². The lowest BCUT2D eigenvalue weighted by atomic mass is 10.3. The van der Waals surface area contributed by atoms with Crippen molar-refractivity contribution < 1.29 is 0 Å². The average molecular weight is 325 g/mol. The predicted octanol–water partition coefficient (Wildman–Crippen LogP) is 4.26. The molecule has 0 aromatic carbocycles. The van der Waals surface area contributed by atoms with E-state index in [0.29, 0.717) is 28.2 Å². The molecule has 0 saturated carbocycles. The van der Waals surface area contributed by atoms with Crippen molar-refractivity contribution in [3.05, 3.63) is 46.2 Å². The third-order valence-corrected chi connectivity index (χ3v) is 3.45. The Hall–Kier alpha value is -1.52. The van der Waals surface area contributed by atoms with Crippen LogP contribution in [0.15, 0.2) is 30.5 Å². The number of anilines is 2. The van der Waals surface area contributed by atoms with Crippen LogP contribution >= 0.6 is 23.2 Å². The highest BCUT2D eigenvalue weighted by Gasteiger charge is 2.08. The van der Waals surface area contributed by atoms with E-state index in [1.54, 1.807) is 12.3 Å². The third kappa shape index (κ3) is 4.76. The molecule has 0 aliphatic heterocycles. The Morgan fingerprint density at radius 3 is 2.38 bits per heavy atom. The molecule has 0 fully saturated rings. The van der Waals surface area contributed by atoms with Crippen LogP contribution in [0, 0.1) is 0 Å². The zero-order valence-electron chi connectivity index (χ0n) is 11.9. The van der Waals surface area contributed by atoms with Crippen molar-refractivity contribution in [1.82, 2.24) is 9.97 Å². The van der Waals surface area contributed by atoms with Crippen molar-refractivity contribution in [1.29, 1.82) is 0 Å². The molecule has 2 aromatic heterocycles. The number of rotatable bonds is 7. The molecular weight excluding hydrogens is 307 g/mol. The molecule has 0 spiro atoms. The smallest absolute Gasteiger partial charge is 0.147 e. The minimum absolute atomic E-state index is 0.517. The monoisotopic (exact) mass is 324 g/mol. The number of aromatic nitrogens is 2. The van der Waals surface area contributed by atoms with E-state index in [-0.39, 0.29) is 0 Å². The highest BCUT2D eigenvalue weighted by molar-refractivity contribution is 6.37. The lowest BCUT2D eigenvalue weighted by molar-refractivity contribution is 0.948. The van der Waals surface area contributed by atoms with E-state index in [4.69, 9.17) is 23.2 Å². The normalized spacial score (nSPS) is 10.4. The number of nitrogens with one attached hydrogen (secondary N) is 2. The minimum Gasteiger partial charge on any atom is -0.369 e. The van der Waals surface area contributed by atoms with Gasteiger partial charge >= 0.3 is 0 Å². The first-order chi connectivity index (χ1) is 10.2. The molecule has 2 N–H and O–H groups in total. The number of hydrogen-bond donors (Lipinski definition) is 2. The molecule has 0 saturated heterocycles. The van der Waals surface area contributed by atoms with Crippen LogP contribution in [0.1, 0.15) is 19.0 Å². The molecule has 0 radical (unpaired) electrons. The standard InChI is InChI=1S/C15H18Cl2N4/c1-2-7-19-14-12(16)10-13(17)15(21-14)20-9-6-11-5-3-4-8-18-11/h3-5,8,10H,2,6-7,9H2,1H3,(H2,19,20,21). The summed E-state index contributed by atoms with van der Waals surface area (Å²) in [5.41, 5.74) is 1.03. The molecule has 21 heavy (non-hydrogen) atoms. The molecule has 0 aliphatic rings. The van der Waals surface area contributed by atoms with Crippen LogP contribution in [-0.2, 0) is 6.42 Å². The van der Waals surface area contributed by atoms with E-state index in [0.717, 1.165) is 25.1 Å². The molecule has 112 valence electrons. The Labute approximate surface area is 134 Å². The van der Waals surface area contributed by atoms with Crippen LogP contribution in [0.2, 0.25) is 10.0 Å². The second-order valence-electron chi connectivity index (χ2n) is 4.57. The molecule has 2 aromatic rings. The van der Waals surface area contributed by atoms with Gasteiger partial charge in [-0.15, -0.1) is 0 Å². The number of pyridine rings is 2. The largest absolute Gasteiger partial charge is 0.369 e.